The van der Waals surface area contributed by atoms with Gasteiger partial charge in [0.1, 0.15) is 12.4 Å². The fourth-order valence-corrected chi connectivity index (χ4v) is 3.63. The maximum Gasteiger partial charge on any atom is 0.303 e. The van der Waals surface area contributed by atoms with Gasteiger partial charge in [0.25, 0.3) is 0 Å². The third-order valence-electron chi connectivity index (χ3n) is 5.28. The van der Waals surface area contributed by atoms with Gasteiger partial charge in [0, 0.05) is 19.2 Å². The summed E-state index contributed by atoms with van der Waals surface area (Å²) in [6, 6.07) is 14.1. The Morgan fingerprint density at radius 3 is 2.71 bits per heavy atom. The molecule has 1 amide bonds. The highest BCUT2D eigenvalue weighted by Gasteiger charge is 2.31. The fourth-order valence-electron chi connectivity index (χ4n) is 3.63. The van der Waals surface area contributed by atoms with Gasteiger partial charge in [-0.1, -0.05) is 24.6 Å². The van der Waals surface area contributed by atoms with Crippen molar-refractivity contribution in [1.82, 2.24) is 0 Å². The summed E-state index contributed by atoms with van der Waals surface area (Å²) in [6.07, 6.45) is 3.77. The predicted octanol–water partition coefficient (Wildman–Crippen LogP) is 4.53. The number of nitrogens with zero attached hydrogens (tertiary/aromatic N) is 1. The molecule has 1 heterocycles. The van der Waals surface area contributed by atoms with Crippen LogP contribution in [0.2, 0.25) is 0 Å². The van der Waals surface area contributed by atoms with Crippen LogP contribution in [0.1, 0.15) is 55.2 Å². The number of aryl methyl sites for hydroxylation is 1. The molecule has 0 aromatic heterocycles. The summed E-state index contributed by atoms with van der Waals surface area (Å²) < 4.78 is 5.96. The SMILES string of the molecule is CC1C(=O)N(C)c2ccc(COc3cccc(CCCCCC(=O)O)c3)cc21. The molecule has 5 heteroatoms. The number of hydrogen-bond donors (Lipinski definition) is 1. The minimum absolute atomic E-state index is 0.107. The molecule has 0 saturated heterocycles. The van der Waals surface area contributed by atoms with Crippen LogP contribution in [0.3, 0.4) is 0 Å². The van der Waals surface area contributed by atoms with E-state index in [-0.39, 0.29) is 18.2 Å². The van der Waals surface area contributed by atoms with Crippen molar-refractivity contribution in [3.8, 4) is 5.75 Å². The summed E-state index contributed by atoms with van der Waals surface area (Å²) >= 11 is 0. The minimum Gasteiger partial charge on any atom is -0.489 e. The molecule has 1 N–H and O–H groups in total. The van der Waals surface area contributed by atoms with Crippen LogP contribution < -0.4 is 9.64 Å². The van der Waals surface area contributed by atoms with Crippen LogP contribution in [0.25, 0.3) is 0 Å². The molecule has 0 aliphatic carbocycles. The van der Waals surface area contributed by atoms with Crippen LogP contribution in [0.4, 0.5) is 5.69 Å². The Morgan fingerprint density at radius 2 is 1.93 bits per heavy atom. The fraction of sp³-hybridized carbons (Fsp3) is 0.391. The minimum atomic E-state index is -0.729. The monoisotopic (exact) mass is 381 g/mol. The summed E-state index contributed by atoms with van der Waals surface area (Å²) in [7, 11) is 1.81. The molecule has 2 aromatic rings. The van der Waals surface area contributed by atoms with Crippen LogP contribution >= 0.6 is 0 Å². The zero-order valence-electron chi connectivity index (χ0n) is 16.5. The first-order chi connectivity index (χ1) is 13.5. The van der Waals surface area contributed by atoms with Gasteiger partial charge < -0.3 is 14.7 Å². The van der Waals surface area contributed by atoms with Crippen LogP contribution in [-0.2, 0) is 22.6 Å². The number of likely N-dealkylation sites (N-methyl/N-ethyl adjacent to an activating group) is 1. The van der Waals surface area contributed by atoms with E-state index in [2.05, 4.69) is 12.1 Å². The maximum absolute atomic E-state index is 12.1. The molecule has 148 valence electrons. The number of carboxylic acids is 1. The zero-order valence-corrected chi connectivity index (χ0v) is 16.5. The van der Waals surface area contributed by atoms with Gasteiger partial charge in [0.15, 0.2) is 0 Å². The number of carboxylic acid groups (broad SMARTS) is 1. The molecule has 0 spiro atoms. The van der Waals surface area contributed by atoms with Gasteiger partial charge in [-0.2, -0.15) is 0 Å². The van der Waals surface area contributed by atoms with E-state index in [0.717, 1.165) is 48.2 Å². The molecule has 3 rings (SSSR count). The molecule has 0 bridgehead atoms. The lowest BCUT2D eigenvalue weighted by molar-refractivity contribution is -0.137. The molecule has 1 aliphatic rings. The number of carbonyl (C=O) groups excluding carboxylic acids is 1. The molecule has 0 saturated carbocycles. The highest BCUT2D eigenvalue weighted by Crippen LogP contribution is 2.36. The first-order valence-corrected chi connectivity index (χ1v) is 9.79. The predicted molar refractivity (Wildman–Crippen MR) is 109 cm³/mol. The van der Waals surface area contributed by atoms with Crippen molar-refractivity contribution < 1.29 is 19.4 Å². The Kier molecular flexibility index (Phi) is 6.34. The summed E-state index contributed by atoms with van der Waals surface area (Å²) in [4.78, 5) is 24.4. The summed E-state index contributed by atoms with van der Waals surface area (Å²) in [5.41, 5.74) is 4.28. The Labute approximate surface area is 165 Å². The molecule has 0 radical (unpaired) electrons. The van der Waals surface area contributed by atoms with E-state index in [9.17, 15) is 9.59 Å². The lowest BCUT2D eigenvalue weighted by Gasteiger charge is -2.11. The second-order valence-electron chi connectivity index (χ2n) is 7.40. The molecule has 2 aromatic carbocycles. The smallest absolute Gasteiger partial charge is 0.303 e. The highest BCUT2D eigenvalue weighted by atomic mass is 16.5. The molecular formula is C23H27NO4. The van der Waals surface area contributed by atoms with E-state index in [4.69, 9.17) is 9.84 Å². The van der Waals surface area contributed by atoms with E-state index >= 15 is 0 Å². The van der Waals surface area contributed by atoms with E-state index < -0.39 is 5.97 Å². The van der Waals surface area contributed by atoms with E-state index in [1.165, 1.54) is 5.56 Å². The van der Waals surface area contributed by atoms with E-state index in [0.29, 0.717) is 6.61 Å². The summed E-state index contributed by atoms with van der Waals surface area (Å²) in [5.74, 6) is 0.116. The zero-order chi connectivity index (χ0) is 20.1. The normalized spacial score (nSPS) is 15.6. The lowest BCUT2D eigenvalue weighted by atomic mass is 10.0. The van der Waals surface area contributed by atoms with Gasteiger partial charge >= 0.3 is 5.97 Å². The molecule has 1 atom stereocenters. The molecule has 5 nitrogen and oxygen atoms in total. The first kappa shape index (κ1) is 19.9. The maximum atomic E-state index is 12.1. The van der Waals surface area contributed by atoms with Gasteiger partial charge in [-0.15, -0.1) is 0 Å². The third kappa shape index (κ3) is 4.71. The van der Waals surface area contributed by atoms with E-state index in [1.54, 1.807) is 4.90 Å². The first-order valence-electron chi connectivity index (χ1n) is 9.79. The van der Waals surface area contributed by atoms with Gasteiger partial charge in [0.2, 0.25) is 5.91 Å². The Morgan fingerprint density at radius 1 is 1.11 bits per heavy atom. The second-order valence-corrected chi connectivity index (χ2v) is 7.40. The number of unbranched alkanes of at least 4 members (excludes halogenated alkanes) is 2. The summed E-state index contributed by atoms with van der Waals surface area (Å²) in [6.45, 7) is 2.40. The van der Waals surface area contributed by atoms with Crippen LogP contribution in [-0.4, -0.2) is 24.0 Å². The lowest BCUT2D eigenvalue weighted by Crippen LogP contribution is -2.22. The topological polar surface area (TPSA) is 66.8 Å². The third-order valence-corrected chi connectivity index (χ3v) is 5.28. The second kappa shape index (κ2) is 8.91. The molecule has 1 unspecified atom stereocenters. The van der Waals surface area contributed by atoms with Gasteiger partial charge in [-0.05, 0) is 67.1 Å². The number of hydrogen-bond acceptors (Lipinski definition) is 3. The van der Waals surface area contributed by atoms with E-state index in [1.807, 2.05) is 44.3 Å². The average molecular weight is 381 g/mol. The summed E-state index contributed by atoms with van der Waals surface area (Å²) in [5, 5.41) is 8.68. The number of benzene rings is 2. The Bertz CT molecular complexity index is 861. The number of anilines is 1. The van der Waals surface area contributed by atoms with Crippen molar-refractivity contribution >= 4 is 17.6 Å². The average Bonchev–Trinajstić information content (AvgIpc) is 2.90. The Hall–Kier alpha value is -2.82. The number of aliphatic carboxylic acids is 1. The Balaban J connectivity index is 1.54. The number of amides is 1. The van der Waals surface area contributed by atoms with Crippen LogP contribution in [0.15, 0.2) is 42.5 Å². The largest absolute Gasteiger partial charge is 0.489 e. The van der Waals surface area contributed by atoms with Crippen molar-refractivity contribution in [2.24, 2.45) is 0 Å². The number of carbonyl (C=O) groups is 2. The molecule has 0 fully saturated rings. The number of rotatable bonds is 9. The van der Waals surface area contributed by atoms with Crippen molar-refractivity contribution in [2.45, 2.75) is 51.6 Å². The standard InChI is InChI=1S/C23H27NO4/c1-16-20-14-18(11-12-21(20)24(2)23(16)27)15-28-19-9-6-8-17(13-19)7-4-3-5-10-22(25)26/h6,8-9,11-14,16H,3-5,7,10,15H2,1-2H3,(H,25,26). The molecular weight excluding hydrogens is 354 g/mol. The van der Waals surface area contributed by atoms with Gasteiger partial charge in [-0.3, -0.25) is 9.59 Å². The highest BCUT2D eigenvalue weighted by molar-refractivity contribution is 6.04. The quantitative estimate of drug-likeness (QED) is 0.648. The van der Waals surface area contributed by atoms with Crippen molar-refractivity contribution in [3.05, 3.63) is 59.2 Å². The van der Waals surface area contributed by atoms with Crippen molar-refractivity contribution in [2.75, 3.05) is 11.9 Å². The van der Waals surface area contributed by atoms with Gasteiger partial charge in [0.05, 0.1) is 5.92 Å². The molecule has 1 aliphatic heterocycles. The van der Waals surface area contributed by atoms with Crippen molar-refractivity contribution in [1.29, 1.82) is 0 Å². The van der Waals surface area contributed by atoms with Crippen LogP contribution in [0, 0.1) is 0 Å². The van der Waals surface area contributed by atoms with Gasteiger partial charge in [-0.25, -0.2) is 0 Å². The van der Waals surface area contributed by atoms with Crippen molar-refractivity contribution in [3.63, 3.8) is 0 Å². The molecule has 28 heavy (non-hydrogen) atoms. The number of fused-ring (bicyclic) bond motifs is 1. The van der Waals surface area contributed by atoms with Crippen LogP contribution in [0.5, 0.6) is 5.75 Å². The number of ether oxygens (including phenoxy) is 1.